The minimum absolute atomic E-state index is 0.0160. The van der Waals surface area contributed by atoms with E-state index in [9.17, 15) is 5.26 Å². The van der Waals surface area contributed by atoms with Gasteiger partial charge in [0, 0.05) is 38.6 Å². The Morgan fingerprint density at radius 2 is 1.78 bits per heavy atom. The van der Waals surface area contributed by atoms with Crippen LogP contribution in [-0.4, -0.2) is 9.55 Å². The van der Waals surface area contributed by atoms with Gasteiger partial charge in [-0.3, -0.25) is 0 Å². The Balaban J connectivity index is 1.44. The van der Waals surface area contributed by atoms with E-state index in [0.29, 0.717) is 11.6 Å². The van der Waals surface area contributed by atoms with E-state index in [4.69, 9.17) is 0 Å². The van der Waals surface area contributed by atoms with Crippen molar-refractivity contribution in [1.29, 1.82) is 5.26 Å². The molecule has 4 aromatic rings. The fraction of sp³-hybridized carbons (Fsp3) is 0.235. The number of pyridine rings is 1. The first-order chi connectivity index (χ1) is 17.9. The molecule has 3 atom stereocenters. The number of hydrogen-bond acceptors (Lipinski definition) is 2. The average Bonchev–Trinajstić information content (AvgIpc) is 3.35. The van der Waals surface area contributed by atoms with Crippen molar-refractivity contribution in [3.8, 4) is 6.07 Å². The maximum Gasteiger partial charge on any atom is 0.141 e. The third kappa shape index (κ3) is 2.90. The van der Waals surface area contributed by atoms with E-state index < -0.39 is 0 Å². The molecule has 0 aliphatic heterocycles. The van der Waals surface area contributed by atoms with Crippen LogP contribution in [-0.2, 0) is 5.41 Å². The van der Waals surface area contributed by atoms with E-state index in [1.54, 1.807) is 6.07 Å². The van der Waals surface area contributed by atoms with Gasteiger partial charge in [-0.2, -0.15) is 5.26 Å². The number of fused-ring (bicyclic) bond motifs is 7. The summed E-state index contributed by atoms with van der Waals surface area (Å²) in [5.74, 6) is 0.386. The highest BCUT2D eigenvalue weighted by atomic mass is 15.0. The Bertz CT molecular complexity index is 1770. The number of nitriles is 1. The van der Waals surface area contributed by atoms with Crippen LogP contribution in [0.15, 0.2) is 97.1 Å². The maximum absolute atomic E-state index is 9.36. The van der Waals surface area contributed by atoms with Gasteiger partial charge in [0.1, 0.15) is 11.8 Å². The molecule has 2 heterocycles. The minimum atomic E-state index is -0.0160. The number of rotatable bonds is 2. The van der Waals surface area contributed by atoms with Gasteiger partial charge in [-0.25, -0.2) is 4.98 Å². The Labute approximate surface area is 217 Å². The van der Waals surface area contributed by atoms with Gasteiger partial charge in [-0.05, 0) is 47.4 Å². The standard InChI is InChI=1S/C34H29N3/c1-33(2)32-25(27-14-6-7-19-34(27,33)3)17-18-30-31(32)26-13-4-5-16-29(26)37(30)24-12-8-10-22(20-24)28-15-9-11-23(21-35)36-28/h4-19,24,27H,20H2,1-3H3. The quantitative estimate of drug-likeness (QED) is 0.291. The van der Waals surface area contributed by atoms with E-state index >= 15 is 0 Å². The maximum atomic E-state index is 9.36. The molecule has 7 rings (SSSR count). The van der Waals surface area contributed by atoms with Gasteiger partial charge in [-0.1, -0.05) is 93.6 Å². The molecule has 37 heavy (non-hydrogen) atoms. The van der Waals surface area contributed by atoms with Gasteiger partial charge in [0.25, 0.3) is 0 Å². The van der Waals surface area contributed by atoms with Crippen LogP contribution in [0.5, 0.6) is 0 Å². The van der Waals surface area contributed by atoms with Crippen LogP contribution in [0.2, 0.25) is 0 Å². The second-order valence-electron chi connectivity index (χ2n) is 11.3. The molecule has 180 valence electrons. The first kappa shape index (κ1) is 22.1. The first-order valence-corrected chi connectivity index (χ1v) is 13.1. The van der Waals surface area contributed by atoms with Crippen molar-refractivity contribution >= 4 is 27.4 Å². The summed E-state index contributed by atoms with van der Waals surface area (Å²) in [5, 5.41) is 12.1. The van der Waals surface area contributed by atoms with E-state index in [0.717, 1.165) is 17.7 Å². The Morgan fingerprint density at radius 1 is 0.919 bits per heavy atom. The molecule has 3 heteroatoms. The normalized spacial score (nSPS) is 25.2. The van der Waals surface area contributed by atoms with Crippen molar-refractivity contribution in [2.45, 2.75) is 44.6 Å². The topological polar surface area (TPSA) is 41.6 Å². The highest BCUT2D eigenvalue weighted by molar-refractivity contribution is 6.11. The summed E-state index contributed by atoms with van der Waals surface area (Å²) in [6, 6.07) is 21.6. The van der Waals surface area contributed by atoms with Gasteiger partial charge in [-0.15, -0.1) is 0 Å². The third-order valence-corrected chi connectivity index (χ3v) is 9.30. The van der Waals surface area contributed by atoms with E-state index in [1.165, 1.54) is 32.9 Å². The van der Waals surface area contributed by atoms with Crippen molar-refractivity contribution in [3.63, 3.8) is 0 Å². The molecule has 3 aliphatic carbocycles. The predicted molar refractivity (Wildman–Crippen MR) is 151 cm³/mol. The molecule has 2 aromatic carbocycles. The lowest BCUT2D eigenvalue weighted by Crippen LogP contribution is -2.36. The van der Waals surface area contributed by atoms with Gasteiger partial charge >= 0.3 is 0 Å². The molecule has 0 bridgehead atoms. The van der Waals surface area contributed by atoms with Crippen molar-refractivity contribution in [3.05, 3.63) is 120 Å². The molecule has 0 amide bonds. The average molecular weight is 480 g/mol. The number of allylic oxidation sites excluding steroid dienone is 8. The van der Waals surface area contributed by atoms with Crippen molar-refractivity contribution in [2.24, 2.45) is 5.41 Å². The van der Waals surface area contributed by atoms with Crippen LogP contribution < -0.4 is 0 Å². The fourth-order valence-electron chi connectivity index (χ4n) is 7.13. The van der Waals surface area contributed by atoms with Gasteiger partial charge in [0.05, 0.1) is 11.7 Å². The van der Waals surface area contributed by atoms with Crippen LogP contribution in [0, 0.1) is 16.7 Å². The largest absolute Gasteiger partial charge is 0.333 e. The smallest absolute Gasteiger partial charge is 0.141 e. The Hall–Kier alpha value is -4.16. The number of benzene rings is 2. The number of aromatic nitrogens is 2. The zero-order valence-electron chi connectivity index (χ0n) is 21.4. The number of nitrogens with zero attached hydrogens (tertiary/aromatic N) is 3. The van der Waals surface area contributed by atoms with E-state index in [1.807, 2.05) is 12.1 Å². The molecule has 0 N–H and O–H groups in total. The van der Waals surface area contributed by atoms with Crippen LogP contribution in [0.25, 0.3) is 27.4 Å². The molecule has 3 nitrogen and oxygen atoms in total. The summed E-state index contributed by atoms with van der Waals surface area (Å²) in [4.78, 5) is 4.59. The monoisotopic (exact) mass is 479 g/mol. The SMILES string of the molecule is CC1(C)c2c(ccc3c2c2ccccc2n3C2C=CC=C(c3cccc(C#N)n3)C2)C2C=CC=CC21C. The van der Waals surface area contributed by atoms with Gasteiger partial charge < -0.3 is 4.57 Å². The van der Waals surface area contributed by atoms with E-state index in [-0.39, 0.29) is 16.9 Å². The van der Waals surface area contributed by atoms with Crippen molar-refractivity contribution in [1.82, 2.24) is 9.55 Å². The molecular formula is C34H29N3. The van der Waals surface area contributed by atoms with Gasteiger partial charge in [0.2, 0.25) is 0 Å². The second-order valence-corrected chi connectivity index (χ2v) is 11.3. The van der Waals surface area contributed by atoms with Crippen LogP contribution in [0.4, 0.5) is 0 Å². The summed E-state index contributed by atoms with van der Waals surface area (Å²) in [6.07, 6.45) is 16.7. The summed E-state index contributed by atoms with van der Waals surface area (Å²) in [6.45, 7) is 7.28. The van der Waals surface area contributed by atoms with Crippen LogP contribution in [0.1, 0.15) is 61.7 Å². The molecule has 2 aromatic heterocycles. The summed E-state index contributed by atoms with van der Waals surface area (Å²) < 4.78 is 2.52. The summed E-state index contributed by atoms with van der Waals surface area (Å²) >= 11 is 0. The van der Waals surface area contributed by atoms with Gasteiger partial charge in [0.15, 0.2) is 0 Å². The third-order valence-electron chi connectivity index (χ3n) is 9.30. The van der Waals surface area contributed by atoms with E-state index in [2.05, 4.69) is 115 Å². The number of hydrogen-bond donors (Lipinski definition) is 0. The molecule has 0 spiro atoms. The van der Waals surface area contributed by atoms with Crippen LogP contribution in [0.3, 0.4) is 0 Å². The zero-order valence-corrected chi connectivity index (χ0v) is 21.4. The summed E-state index contributed by atoms with van der Waals surface area (Å²) in [7, 11) is 0. The lowest BCUT2D eigenvalue weighted by atomic mass is 9.62. The molecular weight excluding hydrogens is 450 g/mol. The zero-order chi connectivity index (χ0) is 25.4. The van der Waals surface area contributed by atoms with Crippen LogP contribution >= 0.6 is 0 Å². The van der Waals surface area contributed by atoms with Crippen molar-refractivity contribution < 1.29 is 0 Å². The molecule has 0 fully saturated rings. The molecule has 3 unspecified atom stereocenters. The highest BCUT2D eigenvalue weighted by Crippen LogP contribution is 2.63. The first-order valence-electron chi connectivity index (χ1n) is 13.1. The number of para-hydroxylation sites is 1. The molecule has 0 saturated carbocycles. The fourth-order valence-corrected chi connectivity index (χ4v) is 7.13. The molecule has 0 radical (unpaired) electrons. The summed E-state index contributed by atoms with van der Waals surface area (Å²) in [5.41, 5.74) is 8.02. The minimum Gasteiger partial charge on any atom is -0.333 e. The Morgan fingerprint density at radius 3 is 2.65 bits per heavy atom. The van der Waals surface area contributed by atoms with Crippen molar-refractivity contribution in [2.75, 3.05) is 0 Å². The second kappa shape index (κ2) is 7.67. The highest BCUT2D eigenvalue weighted by Gasteiger charge is 2.54. The lowest BCUT2D eigenvalue weighted by molar-refractivity contribution is 0.246. The Kier molecular flexibility index (Phi) is 4.57. The molecule has 3 aliphatic rings. The molecule has 0 saturated heterocycles. The predicted octanol–water partition coefficient (Wildman–Crippen LogP) is 8.15. The lowest BCUT2D eigenvalue weighted by Gasteiger charge is -2.41.